The van der Waals surface area contributed by atoms with Crippen molar-refractivity contribution in [1.29, 1.82) is 0 Å². The van der Waals surface area contributed by atoms with Gasteiger partial charge < -0.3 is 14.5 Å². The maximum Gasteiger partial charge on any atom is 0.199 e. The highest BCUT2D eigenvalue weighted by atomic mass is 16.5. The van der Waals surface area contributed by atoms with Crippen molar-refractivity contribution in [3.8, 4) is 22.8 Å². The molecule has 0 spiro atoms. The van der Waals surface area contributed by atoms with E-state index in [1.54, 1.807) is 0 Å². The first kappa shape index (κ1) is 15.9. The number of para-hydroxylation sites is 1. The zero-order valence-corrected chi connectivity index (χ0v) is 14.4. The van der Waals surface area contributed by atoms with Crippen molar-refractivity contribution >= 4 is 0 Å². The summed E-state index contributed by atoms with van der Waals surface area (Å²) in [5.41, 5.74) is 1.97. The Morgan fingerprint density at radius 1 is 1.04 bits per heavy atom. The number of nitrogens with zero attached hydrogens (tertiary/aromatic N) is 1. The second-order valence-corrected chi connectivity index (χ2v) is 6.45. The predicted molar refractivity (Wildman–Crippen MR) is 98.0 cm³/mol. The molecule has 1 atom stereocenters. The molecule has 0 radical (unpaired) electrons. The highest BCUT2D eigenvalue weighted by Crippen LogP contribution is 2.31. The lowest BCUT2D eigenvalue weighted by Crippen LogP contribution is -2.28. The van der Waals surface area contributed by atoms with E-state index in [0.29, 0.717) is 5.92 Å². The van der Waals surface area contributed by atoms with Crippen LogP contribution in [0.1, 0.15) is 30.3 Å². The second-order valence-electron chi connectivity index (χ2n) is 6.45. The normalized spacial score (nSPS) is 17.4. The van der Waals surface area contributed by atoms with E-state index < -0.39 is 0 Å². The Morgan fingerprint density at radius 3 is 2.52 bits per heavy atom. The number of benzene rings is 2. The van der Waals surface area contributed by atoms with Crippen LogP contribution in [0.3, 0.4) is 0 Å². The Hall–Kier alpha value is -2.59. The molecule has 25 heavy (non-hydrogen) atoms. The molecule has 2 heterocycles. The highest BCUT2D eigenvalue weighted by molar-refractivity contribution is 5.61. The van der Waals surface area contributed by atoms with Crippen LogP contribution in [0.4, 0.5) is 0 Å². The monoisotopic (exact) mass is 334 g/mol. The molecule has 1 saturated heterocycles. The van der Waals surface area contributed by atoms with E-state index in [9.17, 15) is 0 Å². The van der Waals surface area contributed by atoms with Gasteiger partial charge in [0.2, 0.25) is 0 Å². The van der Waals surface area contributed by atoms with E-state index in [0.717, 1.165) is 53.9 Å². The summed E-state index contributed by atoms with van der Waals surface area (Å²) in [6, 6.07) is 17.8. The van der Waals surface area contributed by atoms with Gasteiger partial charge in [-0.25, -0.2) is 4.98 Å². The highest BCUT2D eigenvalue weighted by Gasteiger charge is 2.22. The van der Waals surface area contributed by atoms with Crippen LogP contribution in [0, 0.1) is 6.92 Å². The fraction of sp³-hybridized carbons (Fsp3) is 0.286. The van der Waals surface area contributed by atoms with Crippen LogP contribution in [0.25, 0.3) is 11.3 Å². The standard InChI is InChI=1S/C21H22N2O2/c1-15-20(25-21(23-15)17-6-5-13-22-14-17)16-9-11-19(12-10-16)24-18-7-3-2-4-8-18/h2-4,7-12,17,22H,5-6,13-14H2,1H3. The summed E-state index contributed by atoms with van der Waals surface area (Å²) in [5, 5.41) is 3.42. The fourth-order valence-corrected chi connectivity index (χ4v) is 3.22. The number of rotatable bonds is 4. The summed E-state index contributed by atoms with van der Waals surface area (Å²) in [6.45, 7) is 4.04. The minimum Gasteiger partial charge on any atom is -0.457 e. The van der Waals surface area contributed by atoms with Crippen LogP contribution >= 0.6 is 0 Å². The minimum atomic E-state index is 0.377. The van der Waals surface area contributed by atoms with Crippen LogP contribution < -0.4 is 10.1 Å². The topological polar surface area (TPSA) is 47.3 Å². The number of nitrogens with one attached hydrogen (secondary N) is 1. The Labute approximate surface area is 147 Å². The molecule has 128 valence electrons. The smallest absolute Gasteiger partial charge is 0.199 e. The molecule has 1 aliphatic heterocycles. The maximum atomic E-state index is 6.11. The predicted octanol–water partition coefficient (Wildman–Crippen LogP) is 4.91. The third kappa shape index (κ3) is 3.59. The summed E-state index contributed by atoms with van der Waals surface area (Å²) >= 11 is 0. The van der Waals surface area contributed by atoms with Gasteiger partial charge in [0, 0.05) is 18.0 Å². The maximum absolute atomic E-state index is 6.11. The van der Waals surface area contributed by atoms with Crippen LogP contribution in [0.15, 0.2) is 59.0 Å². The number of oxazole rings is 1. The molecule has 2 aromatic carbocycles. The molecule has 1 unspecified atom stereocenters. The van der Waals surface area contributed by atoms with Crippen molar-refractivity contribution in [3.05, 3.63) is 66.2 Å². The number of aromatic nitrogens is 1. The van der Waals surface area contributed by atoms with Gasteiger partial charge in [0.25, 0.3) is 0 Å². The molecule has 0 amide bonds. The van der Waals surface area contributed by atoms with Gasteiger partial charge in [-0.3, -0.25) is 0 Å². The van der Waals surface area contributed by atoms with E-state index in [4.69, 9.17) is 9.15 Å². The van der Waals surface area contributed by atoms with E-state index in [2.05, 4.69) is 10.3 Å². The number of hydrogen-bond acceptors (Lipinski definition) is 4. The van der Waals surface area contributed by atoms with E-state index in [-0.39, 0.29) is 0 Å². The van der Waals surface area contributed by atoms with Gasteiger partial charge in [-0.1, -0.05) is 18.2 Å². The lowest BCUT2D eigenvalue weighted by Gasteiger charge is -2.19. The van der Waals surface area contributed by atoms with Gasteiger partial charge in [0.1, 0.15) is 11.5 Å². The van der Waals surface area contributed by atoms with Crippen molar-refractivity contribution in [1.82, 2.24) is 10.3 Å². The van der Waals surface area contributed by atoms with Gasteiger partial charge in [-0.05, 0) is 62.7 Å². The second kappa shape index (κ2) is 7.11. The quantitative estimate of drug-likeness (QED) is 0.736. The summed E-state index contributed by atoms with van der Waals surface area (Å²) in [7, 11) is 0. The molecular weight excluding hydrogens is 312 g/mol. The molecule has 1 aromatic heterocycles. The summed E-state index contributed by atoms with van der Waals surface area (Å²) in [6.07, 6.45) is 2.31. The van der Waals surface area contributed by atoms with E-state index in [1.165, 1.54) is 6.42 Å². The third-order valence-electron chi connectivity index (χ3n) is 4.55. The van der Waals surface area contributed by atoms with Crippen molar-refractivity contribution in [3.63, 3.8) is 0 Å². The largest absolute Gasteiger partial charge is 0.457 e. The molecule has 3 aromatic rings. The lowest BCUT2D eigenvalue weighted by molar-refractivity contribution is 0.380. The number of ether oxygens (including phenoxy) is 1. The average Bonchev–Trinajstić information content (AvgIpc) is 3.06. The van der Waals surface area contributed by atoms with Crippen LogP contribution in [-0.2, 0) is 0 Å². The molecule has 0 aliphatic carbocycles. The Bertz CT molecular complexity index is 819. The Morgan fingerprint density at radius 2 is 1.80 bits per heavy atom. The zero-order valence-electron chi connectivity index (χ0n) is 14.4. The van der Waals surface area contributed by atoms with Crippen LogP contribution in [0.2, 0.25) is 0 Å². The van der Waals surface area contributed by atoms with Gasteiger partial charge in [-0.15, -0.1) is 0 Å². The molecule has 1 aliphatic rings. The van der Waals surface area contributed by atoms with E-state index >= 15 is 0 Å². The first-order valence-electron chi connectivity index (χ1n) is 8.81. The molecule has 1 fully saturated rings. The third-order valence-corrected chi connectivity index (χ3v) is 4.55. The Kier molecular flexibility index (Phi) is 4.53. The fourth-order valence-electron chi connectivity index (χ4n) is 3.22. The van der Waals surface area contributed by atoms with Crippen molar-refractivity contribution < 1.29 is 9.15 Å². The van der Waals surface area contributed by atoms with Crippen molar-refractivity contribution in [2.24, 2.45) is 0 Å². The number of aryl methyl sites for hydroxylation is 1. The van der Waals surface area contributed by atoms with Crippen molar-refractivity contribution in [2.45, 2.75) is 25.7 Å². The molecule has 0 saturated carbocycles. The van der Waals surface area contributed by atoms with Crippen LogP contribution in [-0.4, -0.2) is 18.1 Å². The van der Waals surface area contributed by atoms with Gasteiger partial charge in [0.15, 0.2) is 11.7 Å². The van der Waals surface area contributed by atoms with Crippen molar-refractivity contribution in [2.75, 3.05) is 13.1 Å². The summed E-state index contributed by atoms with van der Waals surface area (Å²) in [5.74, 6) is 3.72. The minimum absolute atomic E-state index is 0.377. The molecule has 0 bridgehead atoms. The molecule has 4 heteroatoms. The average molecular weight is 334 g/mol. The zero-order chi connectivity index (χ0) is 17.1. The van der Waals surface area contributed by atoms with Gasteiger partial charge in [-0.2, -0.15) is 0 Å². The van der Waals surface area contributed by atoms with Gasteiger partial charge >= 0.3 is 0 Å². The van der Waals surface area contributed by atoms with Crippen LogP contribution in [0.5, 0.6) is 11.5 Å². The number of piperidine rings is 1. The molecule has 1 N–H and O–H groups in total. The lowest BCUT2D eigenvalue weighted by atomic mass is 10.00. The first-order chi connectivity index (χ1) is 12.3. The first-order valence-corrected chi connectivity index (χ1v) is 8.81. The van der Waals surface area contributed by atoms with E-state index in [1.807, 2.05) is 61.5 Å². The summed E-state index contributed by atoms with van der Waals surface area (Å²) < 4.78 is 12.0. The van der Waals surface area contributed by atoms with Gasteiger partial charge in [0.05, 0.1) is 5.69 Å². The molecular formula is C21H22N2O2. The molecule has 4 rings (SSSR count). The number of hydrogen-bond donors (Lipinski definition) is 1. The SMILES string of the molecule is Cc1nc(C2CCCNC2)oc1-c1ccc(Oc2ccccc2)cc1. The Balaban J connectivity index is 1.53. The summed E-state index contributed by atoms with van der Waals surface area (Å²) in [4.78, 5) is 4.66. The molecule has 4 nitrogen and oxygen atoms in total.